The van der Waals surface area contributed by atoms with E-state index in [0.717, 1.165) is 37.3 Å². The lowest BCUT2D eigenvalue weighted by atomic mass is 9.72. The Morgan fingerprint density at radius 2 is 1.80 bits per heavy atom. The molecule has 2 aliphatic carbocycles. The van der Waals surface area contributed by atoms with Gasteiger partial charge in [0.15, 0.2) is 0 Å². The number of hydrogen-bond donors (Lipinski definition) is 1. The number of hydrazone groups is 1. The van der Waals surface area contributed by atoms with Gasteiger partial charge in [-0.2, -0.15) is 5.10 Å². The average Bonchev–Trinajstić information content (AvgIpc) is 2.86. The van der Waals surface area contributed by atoms with Gasteiger partial charge in [-0.25, -0.2) is 5.43 Å². The van der Waals surface area contributed by atoms with Crippen molar-refractivity contribution in [3.8, 4) is 0 Å². The van der Waals surface area contributed by atoms with Gasteiger partial charge in [-0.1, -0.05) is 20.8 Å². The minimum Gasteiger partial charge on any atom is -0.272 e. The summed E-state index contributed by atoms with van der Waals surface area (Å²) in [7, 11) is 0. The molecule has 1 amide bonds. The molecular formula is C15H24Cl2N2O. The van der Waals surface area contributed by atoms with Gasteiger partial charge in [0.25, 0.3) is 0 Å². The van der Waals surface area contributed by atoms with E-state index in [1.807, 2.05) is 0 Å². The van der Waals surface area contributed by atoms with Crippen molar-refractivity contribution >= 4 is 34.8 Å². The first kappa shape index (κ1) is 16.1. The highest BCUT2D eigenvalue weighted by Gasteiger charge is 2.68. The molecule has 5 heteroatoms. The first-order chi connectivity index (χ1) is 9.06. The second-order valence-electron chi connectivity index (χ2n) is 7.47. The molecule has 0 heterocycles. The molecule has 2 fully saturated rings. The lowest BCUT2D eigenvalue weighted by Gasteiger charge is -2.34. The first-order valence-electron chi connectivity index (χ1n) is 7.30. The Morgan fingerprint density at radius 1 is 1.30 bits per heavy atom. The van der Waals surface area contributed by atoms with Crippen molar-refractivity contribution < 1.29 is 4.79 Å². The number of carbonyl (C=O) groups is 1. The number of alkyl halides is 2. The fraction of sp³-hybridized carbons (Fsp3) is 0.867. The second kappa shape index (κ2) is 5.17. The molecule has 1 N–H and O–H groups in total. The normalized spacial score (nSPS) is 32.7. The van der Waals surface area contributed by atoms with E-state index >= 15 is 0 Å². The number of carbonyl (C=O) groups excluding carboxylic acids is 1. The zero-order valence-corrected chi connectivity index (χ0v) is 14.2. The number of halogens is 2. The van der Waals surface area contributed by atoms with Crippen molar-refractivity contribution in [2.24, 2.45) is 21.8 Å². The minimum atomic E-state index is -0.929. The summed E-state index contributed by atoms with van der Waals surface area (Å²) < 4.78 is -0.929. The Morgan fingerprint density at radius 3 is 2.20 bits per heavy atom. The van der Waals surface area contributed by atoms with Crippen molar-refractivity contribution in [3.63, 3.8) is 0 Å². The Kier molecular flexibility index (Phi) is 4.16. The molecule has 0 aliphatic heterocycles. The van der Waals surface area contributed by atoms with E-state index in [4.69, 9.17) is 23.2 Å². The summed E-state index contributed by atoms with van der Waals surface area (Å²) >= 11 is 12.0. The zero-order chi connectivity index (χ0) is 15.2. The topological polar surface area (TPSA) is 41.5 Å². The highest BCUT2D eigenvalue weighted by atomic mass is 35.5. The van der Waals surface area contributed by atoms with Gasteiger partial charge >= 0.3 is 0 Å². The third kappa shape index (κ3) is 3.14. The number of hydrogen-bond acceptors (Lipinski definition) is 2. The van der Waals surface area contributed by atoms with Crippen LogP contribution in [-0.2, 0) is 4.79 Å². The molecule has 114 valence electrons. The Bertz CT molecular complexity index is 430. The molecule has 2 saturated carbocycles. The SMILES string of the molecule is CC(C)(C)C1CCC(=NNC(=O)[C@@]2(C)CC2(Cl)Cl)CC1. The summed E-state index contributed by atoms with van der Waals surface area (Å²) in [6.45, 7) is 8.64. The van der Waals surface area contributed by atoms with E-state index in [2.05, 4.69) is 31.3 Å². The molecule has 0 aromatic carbocycles. The van der Waals surface area contributed by atoms with Crippen LogP contribution >= 0.6 is 23.2 Å². The van der Waals surface area contributed by atoms with Gasteiger partial charge in [0.1, 0.15) is 4.33 Å². The monoisotopic (exact) mass is 318 g/mol. The quantitative estimate of drug-likeness (QED) is 0.599. The predicted molar refractivity (Wildman–Crippen MR) is 84.2 cm³/mol. The molecule has 0 spiro atoms. The van der Waals surface area contributed by atoms with Crippen LogP contribution in [0, 0.1) is 16.7 Å². The smallest absolute Gasteiger partial charge is 0.249 e. The van der Waals surface area contributed by atoms with Crippen LogP contribution in [0.1, 0.15) is 59.8 Å². The zero-order valence-electron chi connectivity index (χ0n) is 12.7. The maximum atomic E-state index is 12.0. The van der Waals surface area contributed by atoms with Gasteiger partial charge in [-0.15, -0.1) is 23.2 Å². The molecule has 0 saturated heterocycles. The third-order valence-corrected chi connectivity index (χ3v) is 5.96. The highest BCUT2D eigenvalue weighted by Crippen LogP contribution is 2.63. The minimum absolute atomic E-state index is 0.173. The van der Waals surface area contributed by atoms with E-state index in [1.54, 1.807) is 6.92 Å². The molecule has 0 radical (unpaired) electrons. The Balaban J connectivity index is 1.85. The number of rotatable bonds is 2. The standard InChI is InChI=1S/C15H24Cl2N2O/c1-13(2,3)10-5-7-11(8-6-10)18-19-12(20)14(4)9-15(14,16)17/h10H,5-9H2,1-4H3,(H,19,20)/t10?,14-/m1/s1. The summed E-state index contributed by atoms with van der Waals surface area (Å²) in [4.78, 5) is 12.0. The summed E-state index contributed by atoms with van der Waals surface area (Å²) in [5.41, 5.74) is 3.39. The van der Waals surface area contributed by atoms with Crippen LogP contribution < -0.4 is 5.43 Å². The molecule has 3 nitrogen and oxygen atoms in total. The van der Waals surface area contributed by atoms with Crippen LogP contribution in [0.15, 0.2) is 5.10 Å². The van der Waals surface area contributed by atoms with Crippen molar-refractivity contribution in [1.82, 2.24) is 5.43 Å². The molecule has 2 aliphatic rings. The maximum absolute atomic E-state index is 12.0. The van der Waals surface area contributed by atoms with Gasteiger partial charge < -0.3 is 0 Å². The molecule has 0 unspecified atom stereocenters. The van der Waals surface area contributed by atoms with Gasteiger partial charge in [0.2, 0.25) is 5.91 Å². The molecule has 0 aromatic rings. The second-order valence-corrected chi connectivity index (χ2v) is 8.96. The van der Waals surface area contributed by atoms with E-state index in [9.17, 15) is 4.79 Å². The number of nitrogens with one attached hydrogen (secondary N) is 1. The van der Waals surface area contributed by atoms with Crippen LogP contribution in [0.2, 0.25) is 0 Å². The van der Waals surface area contributed by atoms with E-state index in [0.29, 0.717) is 11.8 Å². The van der Waals surface area contributed by atoms with Gasteiger partial charge in [-0.05, 0) is 50.4 Å². The summed E-state index contributed by atoms with van der Waals surface area (Å²) in [5.74, 6) is 0.560. The first-order valence-corrected chi connectivity index (χ1v) is 8.05. The molecular weight excluding hydrogens is 295 g/mol. The molecule has 0 bridgehead atoms. The van der Waals surface area contributed by atoms with Gasteiger partial charge in [0, 0.05) is 5.71 Å². The summed E-state index contributed by atoms with van der Waals surface area (Å²) in [5, 5.41) is 4.27. The number of nitrogens with zero attached hydrogens (tertiary/aromatic N) is 1. The van der Waals surface area contributed by atoms with Crippen LogP contribution in [0.3, 0.4) is 0 Å². The molecule has 20 heavy (non-hydrogen) atoms. The Hall–Kier alpha value is -0.280. The van der Waals surface area contributed by atoms with Crippen molar-refractivity contribution in [2.45, 2.75) is 64.1 Å². The largest absolute Gasteiger partial charge is 0.272 e. The summed E-state index contributed by atoms with van der Waals surface area (Å²) in [6.07, 6.45) is 4.71. The fourth-order valence-electron chi connectivity index (χ4n) is 2.83. The lowest BCUT2D eigenvalue weighted by molar-refractivity contribution is -0.125. The van der Waals surface area contributed by atoms with Crippen molar-refractivity contribution in [2.75, 3.05) is 0 Å². The van der Waals surface area contributed by atoms with Crippen LogP contribution in [0.4, 0.5) is 0 Å². The van der Waals surface area contributed by atoms with E-state index in [1.165, 1.54) is 0 Å². The Labute approximate surface area is 131 Å². The van der Waals surface area contributed by atoms with Crippen LogP contribution in [-0.4, -0.2) is 16.0 Å². The lowest BCUT2D eigenvalue weighted by Crippen LogP contribution is -2.32. The van der Waals surface area contributed by atoms with Crippen molar-refractivity contribution in [1.29, 1.82) is 0 Å². The molecule has 2 rings (SSSR count). The van der Waals surface area contributed by atoms with Crippen molar-refractivity contribution in [3.05, 3.63) is 0 Å². The summed E-state index contributed by atoms with van der Waals surface area (Å²) in [6, 6.07) is 0. The van der Waals surface area contributed by atoms with Crippen LogP contribution in [0.25, 0.3) is 0 Å². The molecule has 0 aromatic heterocycles. The van der Waals surface area contributed by atoms with E-state index in [-0.39, 0.29) is 5.91 Å². The highest BCUT2D eigenvalue weighted by molar-refractivity contribution is 6.53. The average molecular weight is 319 g/mol. The predicted octanol–water partition coefficient (Wildman–Crippen LogP) is 4.28. The van der Waals surface area contributed by atoms with Crippen LogP contribution in [0.5, 0.6) is 0 Å². The maximum Gasteiger partial charge on any atom is 0.249 e. The third-order valence-electron chi connectivity index (χ3n) is 4.86. The molecule has 1 atom stereocenters. The number of amides is 1. The fourth-order valence-corrected chi connectivity index (χ4v) is 3.53. The van der Waals surface area contributed by atoms with Gasteiger partial charge in [-0.3, -0.25) is 4.79 Å². The van der Waals surface area contributed by atoms with E-state index < -0.39 is 9.75 Å². The van der Waals surface area contributed by atoms with Gasteiger partial charge in [0.05, 0.1) is 5.41 Å².